The van der Waals surface area contributed by atoms with E-state index in [1.165, 1.54) is 0 Å². The highest BCUT2D eigenvalue weighted by molar-refractivity contribution is 7.71. The highest BCUT2D eigenvalue weighted by Crippen LogP contribution is 2.01. The predicted octanol–water partition coefficient (Wildman–Crippen LogP) is 1.83. The van der Waals surface area contributed by atoms with E-state index in [9.17, 15) is 0 Å². The zero-order valence-electron chi connectivity index (χ0n) is 7.41. The SMILES string of the molecule is COCC(C)Cn1cc[nH]c1=S. The number of ether oxygens (including phenoxy) is 1. The van der Waals surface area contributed by atoms with Crippen molar-refractivity contribution in [2.75, 3.05) is 13.7 Å². The van der Waals surface area contributed by atoms with Crippen LogP contribution in [0.2, 0.25) is 0 Å². The molecule has 12 heavy (non-hydrogen) atoms. The van der Waals surface area contributed by atoms with Crippen LogP contribution in [0.4, 0.5) is 0 Å². The predicted molar refractivity (Wildman–Crippen MR) is 50.7 cm³/mol. The summed E-state index contributed by atoms with van der Waals surface area (Å²) in [6.07, 6.45) is 3.80. The van der Waals surface area contributed by atoms with Crippen LogP contribution in [0.1, 0.15) is 6.92 Å². The Bertz CT molecular complexity index is 279. The van der Waals surface area contributed by atoms with Gasteiger partial charge in [0.15, 0.2) is 4.77 Å². The van der Waals surface area contributed by atoms with Gasteiger partial charge in [-0.1, -0.05) is 6.92 Å². The van der Waals surface area contributed by atoms with E-state index in [0.717, 1.165) is 17.9 Å². The molecule has 1 rings (SSSR count). The van der Waals surface area contributed by atoms with Crippen LogP contribution in [0, 0.1) is 10.7 Å². The molecule has 4 heteroatoms. The summed E-state index contributed by atoms with van der Waals surface area (Å²) in [6.45, 7) is 3.82. The molecule has 0 spiro atoms. The van der Waals surface area contributed by atoms with Crippen LogP contribution in [-0.2, 0) is 11.3 Å². The molecule has 0 fully saturated rings. The molecule has 0 aliphatic heterocycles. The number of nitrogens with one attached hydrogen (secondary N) is 1. The Balaban J connectivity index is 2.52. The Hall–Kier alpha value is -0.610. The van der Waals surface area contributed by atoms with Crippen LogP contribution in [-0.4, -0.2) is 23.3 Å². The van der Waals surface area contributed by atoms with Gasteiger partial charge >= 0.3 is 0 Å². The Morgan fingerprint density at radius 3 is 3.00 bits per heavy atom. The van der Waals surface area contributed by atoms with Gasteiger partial charge in [0.05, 0.1) is 6.61 Å². The number of nitrogens with zero attached hydrogens (tertiary/aromatic N) is 1. The number of hydrogen-bond acceptors (Lipinski definition) is 2. The van der Waals surface area contributed by atoms with Crippen molar-refractivity contribution in [1.29, 1.82) is 0 Å². The average molecular weight is 186 g/mol. The van der Waals surface area contributed by atoms with Crippen LogP contribution < -0.4 is 0 Å². The first kappa shape index (κ1) is 9.48. The van der Waals surface area contributed by atoms with Gasteiger partial charge in [-0.25, -0.2) is 0 Å². The molecule has 1 aromatic heterocycles. The number of aromatic amines is 1. The van der Waals surface area contributed by atoms with Gasteiger partial charge < -0.3 is 14.3 Å². The second-order valence-corrected chi connectivity index (χ2v) is 3.36. The molecule has 1 unspecified atom stereocenters. The molecule has 0 aromatic carbocycles. The van der Waals surface area contributed by atoms with Crippen LogP contribution in [0.15, 0.2) is 12.4 Å². The van der Waals surface area contributed by atoms with Crippen molar-refractivity contribution in [3.05, 3.63) is 17.2 Å². The third-order valence-electron chi connectivity index (χ3n) is 1.68. The zero-order chi connectivity index (χ0) is 8.97. The largest absolute Gasteiger partial charge is 0.384 e. The zero-order valence-corrected chi connectivity index (χ0v) is 8.23. The van der Waals surface area contributed by atoms with E-state index < -0.39 is 0 Å². The normalized spacial score (nSPS) is 13.2. The molecule has 0 amide bonds. The maximum atomic E-state index is 5.05. The van der Waals surface area contributed by atoms with E-state index in [1.54, 1.807) is 7.11 Å². The third kappa shape index (κ3) is 2.46. The lowest BCUT2D eigenvalue weighted by Gasteiger charge is -2.10. The average Bonchev–Trinajstić information content (AvgIpc) is 2.37. The van der Waals surface area contributed by atoms with E-state index in [4.69, 9.17) is 17.0 Å². The first-order valence-corrected chi connectivity index (χ1v) is 4.37. The summed E-state index contributed by atoms with van der Waals surface area (Å²) in [5.74, 6) is 0.498. The van der Waals surface area contributed by atoms with Crippen molar-refractivity contribution in [2.24, 2.45) is 5.92 Å². The van der Waals surface area contributed by atoms with Gasteiger partial charge in [-0.3, -0.25) is 0 Å². The highest BCUT2D eigenvalue weighted by Gasteiger charge is 2.02. The van der Waals surface area contributed by atoms with Crippen molar-refractivity contribution in [2.45, 2.75) is 13.5 Å². The summed E-state index contributed by atoms with van der Waals surface area (Å²) in [6, 6.07) is 0. The van der Waals surface area contributed by atoms with Crippen LogP contribution in [0.25, 0.3) is 0 Å². The van der Waals surface area contributed by atoms with Gasteiger partial charge in [0, 0.05) is 26.0 Å². The van der Waals surface area contributed by atoms with Crippen molar-refractivity contribution in [3.8, 4) is 0 Å². The smallest absolute Gasteiger partial charge is 0.177 e. The summed E-state index contributed by atoms with van der Waals surface area (Å²) < 4.78 is 7.82. The topological polar surface area (TPSA) is 29.9 Å². The van der Waals surface area contributed by atoms with Gasteiger partial charge in [0.2, 0.25) is 0 Å². The molecule has 68 valence electrons. The molecule has 0 bridgehead atoms. The Labute approximate surface area is 77.4 Å². The summed E-state index contributed by atoms with van der Waals surface area (Å²) in [4.78, 5) is 2.95. The number of imidazole rings is 1. The van der Waals surface area contributed by atoms with Crippen molar-refractivity contribution < 1.29 is 4.74 Å². The molecule has 1 atom stereocenters. The van der Waals surface area contributed by atoms with Crippen LogP contribution in [0.5, 0.6) is 0 Å². The Morgan fingerprint density at radius 2 is 2.50 bits per heavy atom. The van der Waals surface area contributed by atoms with Gasteiger partial charge in [0.25, 0.3) is 0 Å². The van der Waals surface area contributed by atoms with E-state index in [0.29, 0.717) is 5.92 Å². The number of aromatic nitrogens is 2. The van der Waals surface area contributed by atoms with Gasteiger partial charge in [-0.15, -0.1) is 0 Å². The van der Waals surface area contributed by atoms with Crippen molar-refractivity contribution in [1.82, 2.24) is 9.55 Å². The molecule has 0 aliphatic rings. The molecule has 0 aliphatic carbocycles. The minimum Gasteiger partial charge on any atom is -0.384 e. The maximum absolute atomic E-state index is 5.05. The van der Waals surface area contributed by atoms with Crippen LogP contribution >= 0.6 is 12.2 Å². The molecular formula is C8H14N2OS. The fraction of sp³-hybridized carbons (Fsp3) is 0.625. The second kappa shape index (κ2) is 4.42. The molecule has 0 radical (unpaired) electrons. The second-order valence-electron chi connectivity index (χ2n) is 2.98. The lowest BCUT2D eigenvalue weighted by Crippen LogP contribution is -2.11. The fourth-order valence-corrected chi connectivity index (χ4v) is 1.37. The van der Waals surface area contributed by atoms with Gasteiger partial charge in [0.1, 0.15) is 0 Å². The standard InChI is InChI=1S/C8H14N2OS/c1-7(6-11-2)5-10-4-3-9-8(10)12/h3-4,7H,5-6H2,1-2H3,(H,9,12). The minimum atomic E-state index is 0.498. The van der Waals surface area contributed by atoms with E-state index in [-0.39, 0.29) is 0 Å². The lowest BCUT2D eigenvalue weighted by atomic mass is 10.2. The summed E-state index contributed by atoms with van der Waals surface area (Å²) in [7, 11) is 1.72. The first-order valence-electron chi connectivity index (χ1n) is 3.96. The first-order chi connectivity index (χ1) is 5.74. The molecule has 1 N–H and O–H groups in total. The van der Waals surface area contributed by atoms with Crippen LogP contribution in [0.3, 0.4) is 0 Å². The summed E-state index contributed by atoms with van der Waals surface area (Å²) >= 11 is 5.05. The quantitative estimate of drug-likeness (QED) is 0.727. The number of rotatable bonds is 4. The third-order valence-corrected chi connectivity index (χ3v) is 2.03. The van der Waals surface area contributed by atoms with Gasteiger partial charge in [-0.2, -0.15) is 0 Å². The number of hydrogen-bond donors (Lipinski definition) is 1. The van der Waals surface area contributed by atoms with Gasteiger partial charge in [-0.05, 0) is 18.1 Å². The lowest BCUT2D eigenvalue weighted by molar-refractivity contribution is 0.151. The molecule has 3 nitrogen and oxygen atoms in total. The molecular weight excluding hydrogens is 172 g/mol. The minimum absolute atomic E-state index is 0.498. The van der Waals surface area contributed by atoms with Crippen molar-refractivity contribution in [3.63, 3.8) is 0 Å². The highest BCUT2D eigenvalue weighted by atomic mass is 32.1. The molecule has 1 heterocycles. The molecule has 1 aromatic rings. The monoisotopic (exact) mass is 186 g/mol. The summed E-state index contributed by atoms with van der Waals surface area (Å²) in [5, 5.41) is 0. The Morgan fingerprint density at radius 1 is 1.75 bits per heavy atom. The summed E-state index contributed by atoms with van der Waals surface area (Å²) in [5.41, 5.74) is 0. The van der Waals surface area contributed by atoms with E-state index in [1.807, 2.05) is 17.0 Å². The Kier molecular flexibility index (Phi) is 3.49. The van der Waals surface area contributed by atoms with Crippen molar-refractivity contribution >= 4 is 12.2 Å². The van der Waals surface area contributed by atoms with E-state index >= 15 is 0 Å². The molecule has 0 saturated heterocycles. The van der Waals surface area contributed by atoms with E-state index in [2.05, 4.69) is 11.9 Å². The number of methoxy groups -OCH3 is 1. The maximum Gasteiger partial charge on any atom is 0.177 e. The fourth-order valence-electron chi connectivity index (χ4n) is 1.17. The number of H-pyrrole nitrogens is 1. The molecule has 0 saturated carbocycles.